The van der Waals surface area contributed by atoms with Gasteiger partial charge in [-0.3, -0.25) is 14.5 Å². The van der Waals surface area contributed by atoms with Crippen LogP contribution in [0.15, 0.2) is 109 Å². The molecule has 0 aliphatic carbocycles. The fraction of sp³-hybridized carbons (Fsp3) is 0.125. The Balaban J connectivity index is 1.34. The normalized spacial score (nSPS) is 13.6. The van der Waals surface area contributed by atoms with Crippen molar-refractivity contribution in [3.63, 3.8) is 0 Å². The van der Waals surface area contributed by atoms with Crippen LogP contribution in [0.25, 0.3) is 11.3 Å². The molecule has 6 nitrogen and oxygen atoms in total. The third-order valence-corrected chi connectivity index (χ3v) is 6.58. The number of likely N-dealkylation sites (N-methyl/N-ethyl adjacent to an activating group) is 2. The van der Waals surface area contributed by atoms with Crippen molar-refractivity contribution < 1.29 is 9.59 Å². The standard InChI is InChI=1S/C32H30N4O2/c1-35(21-23-11-5-3-6-12-23)22-29(37)36(2)26-19-17-25(18-20-26)33-31(24-13-7-4-8-14-24)30-27-15-9-10-16-28(27)34-32(30)38/h3-20,33H,21-22H2,1-2H3,(H,34,38)/b31-30-. The predicted octanol–water partition coefficient (Wildman–Crippen LogP) is 5.71. The van der Waals surface area contributed by atoms with E-state index in [1.165, 1.54) is 5.56 Å². The third kappa shape index (κ3) is 5.51. The first-order chi connectivity index (χ1) is 18.5. The van der Waals surface area contributed by atoms with Gasteiger partial charge in [-0.2, -0.15) is 0 Å². The number of carbonyl (C=O) groups excluding carboxylic acids is 2. The average Bonchev–Trinajstić information content (AvgIpc) is 3.28. The summed E-state index contributed by atoms with van der Waals surface area (Å²) in [6.45, 7) is 1.01. The summed E-state index contributed by atoms with van der Waals surface area (Å²) in [5, 5.41) is 6.44. The first-order valence-electron chi connectivity index (χ1n) is 12.6. The van der Waals surface area contributed by atoms with Crippen LogP contribution in [-0.4, -0.2) is 37.4 Å². The van der Waals surface area contributed by atoms with Crippen molar-refractivity contribution in [1.29, 1.82) is 0 Å². The molecule has 0 spiro atoms. The minimum atomic E-state index is -0.140. The lowest BCUT2D eigenvalue weighted by atomic mass is 10.00. The van der Waals surface area contributed by atoms with E-state index in [-0.39, 0.29) is 11.8 Å². The number of nitrogens with zero attached hydrogens (tertiary/aromatic N) is 2. The Morgan fingerprint density at radius 2 is 1.42 bits per heavy atom. The molecule has 0 bridgehead atoms. The van der Waals surface area contributed by atoms with Crippen LogP contribution in [-0.2, 0) is 16.1 Å². The van der Waals surface area contributed by atoms with Crippen LogP contribution in [0, 0.1) is 0 Å². The van der Waals surface area contributed by atoms with Crippen LogP contribution < -0.4 is 15.5 Å². The van der Waals surface area contributed by atoms with Crippen LogP contribution in [0.2, 0.25) is 0 Å². The van der Waals surface area contributed by atoms with Crippen molar-refractivity contribution in [3.05, 3.63) is 126 Å². The molecule has 2 N–H and O–H groups in total. The molecule has 0 fully saturated rings. The van der Waals surface area contributed by atoms with E-state index in [4.69, 9.17) is 0 Å². The Hall–Kier alpha value is -4.68. The maximum absolute atomic E-state index is 13.0. The van der Waals surface area contributed by atoms with E-state index in [0.717, 1.165) is 33.9 Å². The van der Waals surface area contributed by atoms with Gasteiger partial charge in [-0.15, -0.1) is 0 Å². The van der Waals surface area contributed by atoms with Gasteiger partial charge in [0, 0.05) is 36.2 Å². The minimum Gasteiger partial charge on any atom is -0.354 e. The van der Waals surface area contributed by atoms with Gasteiger partial charge in [0.05, 0.1) is 17.8 Å². The number of amides is 2. The van der Waals surface area contributed by atoms with E-state index in [2.05, 4.69) is 22.8 Å². The molecule has 0 saturated heterocycles. The Morgan fingerprint density at radius 3 is 2.13 bits per heavy atom. The molecule has 1 aliphatic rings. The molecular formula is C32H30N4O2. The molecule has 0 radical (unpaired) electrons. The summed E-state index contributed by atoms with van der Waals surface area (Å²) in [4.78, 5) is 29.6. The number of nitrogens with one attached hydrogen (secondary N) is 2. The van der Waals surface area contributed by atoms with Crippen molar-refractivity contribution in [2.75, 3.05) is 36.2 Å². The van der Waals surface area contributed by atoms with Gasteiger partial charge in [-0.05, 0) is 48.5 Å². The summed E-state index contributed by atoms with van der Waals surface area (Å²) in [7, 11) is 3.74. The zero-order chi connectivity index (χ0) is 26.5. The topological polar surface area (TPSA) is 64.7 Å². The third-order valence-electron chi connectivity index (χ3n) is 6.58. The van der Waals surface area contributed by atoms with Crippen LogP contribution in [0.1, 0.15) is 16.7 Å². The maximum Gasteiger partial charge on any atom is 0.258 e. The molecule has 38 heavy (non-hydrogen) atoms. The lowest BCUT2D eigenvalue weighted by Crippen LogP contribution is -2.36. The van der Waals surface area contributed by atoms with E-state index in [9.17, 15) is 9.59 Å². The van der Waals surface area contributed by atoms with Gasteiger partial charge in [0.25, 0.3) is 5.91 Å². The van der Waals surface area contributed by atoms with Gasteiger partial charge >= 0.3 is 0 Å². The number of para-hydroxylation sites is 1. The van der Waals surface area contributed by atoms with Crippen molar-refractivity contribution >= 4 is 40.1 Å². The second kappa shape index (κ2) is 11.2. The monoisotopic (exact) mass is 502 g/mol. The molecule has 0 aromatic heterocycles. The van der Waals surface area contributed by atoms with Gasteiger partial charge < -0.3 is 15.5 Å². The number of benzene rings is 4. The highest BCUT2D eigenvalue weighted by Gasteiger charge is 2.28. The molecule has 190 valence electrons. The molecule has 1 aliphatic heterocycles. The lowest BCUT2D eigenvalue weighted by molar-refractivity contribution is -0.119. The van der Waals surface area contributed by atoms with Gasteiger partial charge in [-0.1, -0.05) is 78.9 Å². The van der Waals surface area contributed by atoms with Crippen molar-refractivity contribution in [2.45, 2.75) is 6.54 Å². The molecular weight excluding hydrogens is 472 g/mol. The summed E-state index contributed by atoms with van der Waals surface area (Å²) < 4.78 is 0. The number of anilines is 3. The highest BCUT2D eigenvalue weighted by atomic mass is 16.2. The van der Waals surface area contributed by atoms with Crippen LogP contribution >= 0.6 is 0 Å². The van der Waals surface area contributed by atoms with Crippen molar-refractivity contribution in [2.24, 2.45) is 0 Å². The highest BCUT2D eigenvalue weighted by molar-refractivity contribution is 6.37. The van der Waals surface area contributed by atoms with Crippen LogP contribution in [0.5, 0.6) is 0 Å². The van der Waals surface area contributed by atoms with E-state index < -0.39 is 0 Å². The van der Waals surface area contributed by atoms with Gasteiger partial charge in [0.15, 0.2) is 0 Å². The summed E-state index contributed by atoms with van der Waals surface area (Å²) in [5.74, 6) is -0.130. The summed E-state index contributed by atoms with van der Waals surface area (Å²) in [5.41, 5.74) is 6.69. The molecule has 4 aromatic carbocycles. The minimum absolute atomic E-state index is 0.00969. The lowest BCUT2D eigenvalue weighted by Gasteiger charge is -2.22. The number of hydrogen-bond donors (Lipinski definition) is 2. The van der Waals surface area contributed by atoms with E-state index in [0.29, 0.717) is 18.7 Å². The van der Waals surface area contributed by atoms with Crippen LogP contribution in [0.3, 0.4) is 0 Å². The van der Waals surface area contributed by atoms with E-state index in [1.54, 1.807) is 11.9 Å². The van der Waals surface area contributed by atoms with Crippen molar-refractivity contribution in [3.8, 4) is 0 Å². The largest absolute Gasteiger partial charge is 0.354 e. The first-order valence-corrected chi connectivity index (χ1v) is 12.6. The Kier molecular flexibility index (Phi) is 7.33. The molecule has 2 amide bonds. The zero-order valence-corrected chi connectivity index (χ0v) is 21.5. The number of hydrogen-bond acceptors (Lipinski definition) is 4. The highest BCUT2D eigenvalue weighted by Crippen LogP contribution is 2.37. The zero-order valence-electron chi connectivity index (χ0n) is 21.5. The quantitative estimate of drug-likeness (QED) is 0.303. The Morgan fingerprint density at radius 1 is 0.789 bits per heavy atom. The number of rotatable bonds is 8. The first kappa shape index (κ1) is 25.0. The fourth-order valence-electron chi connectivity index (χ4n) is 4.59. The molecule has 0 unspecified atom stereocenters. The molecule has 5 rings (SSSR count). The second-order valence-electron chi connectivity index (χ2n) is 9.40. The fourth-order valence-corrected chi connectivity index (χ4v) is 4.59. The molecule has 1 heterocycles. The predicted molar refractivity (Wildman–Crippen MR) is 155 cm³/mol. The SMILES string of the molecule is CN(CC(=O)N(C)c1ccc(N/C(=C2\C(=O)Nc3ccccc32)c2ccccc2)cc1)Cc1ccccc1. The van der Waals surface area contributed by atoms with E-state index >= 15 is 0 Å². The average molecular weight is 503 g/mol. The number of fused-ring (bicyclic) bond motifs is 1. The van der Waals surface area contributed by atoms with Gasteiger partial charge in [0.2, 0.25) is 5.91 Å². The Labute approximate surface area is 223 Å². The number of carbonyl (C=O) groups is 2. The van der Waals surface area contributed by atoms with Gasteiger partial charge in [0.1, 0.15) is 0 Å². The van der Waals surface area contributed by atoms with Crippen molar-refractivity contribution in [1.82, 2.24) is 4.90 Å². The molecule has 0 atom stereocenters. The molecule has 6 heteroatoms. The van der Waals surface area contributed by atoms with Gasteiger partial charge in [-0.25, -0.2) is 0 Å². The summed E-state index contributed by atoms with van der Waals surface area (Å²) in [6.07, 6.45) is 0. The smallest absolute Gasteiger partial charge is 0.258 e. The maximum atomic E-state index is 13.0. The Bertz CT molecular complexity index is 1460. The molecule has 0 saturated carbocycles. The summed E-state index contributed by atoms with van der Waals surface area (Å²) >= 11 is 0. The second-order valence-corrected chi connectivity index (χ2v) is 9.40. The van der Waals surface area contributed by atoms with Crippen LogP contribution in [0.4, 0.5) is 17.1 Å². The molecule has 4 aromatic rings. The summed E-state index contributed by atoms with van der Waals surface area (Å²) in [6, 6.07) is 35.3. The van der Waals surface area contributed by atoms with E-state index in [1.807, 2.05) is 109 Å².